The monoisotopic (exact) mass is 306 g/mol. The SMILES string of the molecule is Cc1ccc(NCCCNC(=O)NC(C)C2CCCO2)nc1. The maximum atomic E-state index is 11.8. The number of aryl methyl sites for hydroxylation is 1. The molecule has 122 valence electrons. The number of hydrogen-bond acceptors (Lipinski definition) is 4. The van der Waals surface area contributed by atoms with Crippen LogP contribution in [-0.4, -0.2) is 42.9 Å². The minimum atomic E-state index is -0.128. The fourth-order valence-corrected chi connectivity index (χ4v) is 2.43. The van der Waals surface area contributed by atoms with Crippen molar-refractivity contribution in [3.63, 3.8) is 0 Å². The molecule has 2 heterocycles. The first kappa shape index (κ1) is 16.5. The van der Waals surface area contributed by atoms with Crippen LogP contribution < -0.4 is 16.0 Å². The van der Waals surface area contributed by atoms with Gasteiger partial charge in [0.2, 0.25) is 0 Å². The molecule has 0 aromatic carbocycles. The fourth-order valence-electron chi connectivity index (χ4n) is 2.43. The average molecular weight is 306 g/mol. The van der Waals surface area contributed by atoms with Crippen LogP contribution in [0.2, 0.25) is 0 Å². The van der Waals surface area contributed by atoms with E-state index < -0.39 is 0 Å². The molecule has 0 aliphatic carbocycles. The Hall–Kier alpha value is -1.82. The largest absolute Gasteiger partial charge is 0.376 e. The Kier molecular flexibility index (Phi) is 6.45. The van der Waals surface area contributed by atoms with E-state index in [1.54, 1.807) is 0 Å². The Morgan fingerprint density at radius 2 is 2.32 bits per heavy atom. The molecule has 2 atom stereocenters. The van der Waals surface area contributed by atoms with Gasteiger partial charge in [0, 0.05) is 25.9 Å². The summed E-state index contributed by atoms with van der Waals surface area (Å²) in [5, 5.41) is 9.02. The fraction of sp³-hybridized carbons (Fsp3) is 0.625. The first-order valence-corrected chi connectivity index (χ1v) is 7.97. The topological polar surface area (TPSA) is 75.3 Å². The second kappa shape index (κ2) is 8.58. The maximum absolute atomic E-state index is 11.8. The van der Waals surface area contributed by atoms with E-state index in [0.717, 1.165) is 43.8 Å². The summed E-state index contributed by atoms with van der Waals surface area (Å²) in [7, 11) is 0. The van der Waals surface area contributed by atoms with Gasteiger partial charge in [0.25, 0.3) is 0 Å². The number of aromatic nitrogens is 1. The van der Waals surface area contributed by atoms with Crippen molar-refractivity contribution in [2.75, 3.05) is 25.0 Å². The van der Waals surface area contributed by atoms with E-state index in [9.17, 15) is 4.79 Å². The number of pyridine rings is 1. The quantitative estimate of drug-likeness (QED) is 0.674. The van der Waals surface area contributed by atoms with Crippen molar-refractivity contribution in [2.45, 2.75) is 45.3 Å². The first-order chi connectivity index (χ1) is 10.6. The van der Waals surface area contributed by atoms with Crippen molar-refractivity contribution < 1.29 is 9.53 Å². The normalized spacial score (nSPS) is 18.7. The van der Waals surface area contributed by atoms with E-state index in [1.807, 2.05) is 32.2 Å². The lowest BCUT2D eigenvalue weighted by molar-refractivity contribution is 0.0860. The molecule has 1 fully saturated rings. The van der Waals surface area contributed by atoms with Gasteiger partial charge < -0.3 is 20.7 Å². The lowest BCUT2D eigenvalue weighted by atomic mass is 10.1. The lowest BCUT2D eigenvalue weighted by Gasteiger charge is -2.20. The summed E-state index contributed by atoms with van der Waals surface area (Å²) in [6.07, 6.45) is 4.93. The smallest absolute Gasteiger partial charge is 0.315 e. The Balaban J connectivity index is 1.54. The predicted molar refractivity (Wildman–Crippen MR) is 87.1 cm³/mol. The summed E-state index contributed by atoms with van der Waals surface area (Å²) in [6.45, 7) is 6.20. The molecule has 22 heavy (non-hydrogen) atoms. The Morgan fingerprint density at radius 1 is 1.45 bits per heavy atom. The number of ether oxygens (including phenoxy) is 1. The van der Waals surface area contributed by atoms with Crippen LogP contribution in [0.25, 0.3) is 0 Å². The van der Waals surface area contributed by atoms with Crippen LogP contribution in [-0.2, 0) is 4.74 Å². The van der Waals surface area contributed by atoms with Crippen molar-refractivity contribution in [2.24, 2.45) is 0 Å². The molecular weight excluding hydrogens is 280 g/mol. The summed E-state index contributed by atoms with van der Waals surface area (Å²) < 4.78 is 5.56. The number of amides is 2. The van der Waals surface area contributed by atoms with E-state index in [-0.39, 0.29) is 18.2 Å². The molecule has 1 saturated heterocycles. The highest BCUT2D eigenvalue weighted by atomic mass is 16.5. The van der Waals surface area contributed by atoms with Crippen molar-refractivity contribution in [1.29, 1.82) is 0 Å². The van der Waals surface area contributed by atoms with Crippen molar-refractivity contribution in [3.8, 4) is 0 Å². The van der Waals surface area contributed by atoms with Crippen LogP contribution in [0, 0.1) is 6.92 Å². The van der Waals surface area contributed by atoms with E-state index in [2.05, 4.69) is 20.9 Å². The van der Waals surface area contributed by atoms with Crippen LogP contribution in [0.4, 0.5) is 10.6 Å². The zero-order valence-corrected chi connectivity index (χ0v) is 13.4. The molecule has 1 aromatic rings. The van der Waals surface area contributed by atoms with E-state index >= 15 is 0 Å². The first-order valence-electron chi connectivity index (χ1n) is 7.97. The average Bonchev–Trinajstić information content (AvgIpc) is 3.03. The molecule has 0 radical (unpaired) electrons. The van der Waals surface area contributed by atoms with Gasteiger partial charge in [-0.15, -0.1) is 0 Å². The number of carbonyl (C=O) groups is 1. The van der Waals surface area contributed by atoms with Gasteiger partial charge in [-0.25, -0.2) is 9.78 Å². The van der Waals surface area contributed by atoms with Crippen molar-refractivity contribution in [3.05, 3.63) is 23.9 Å². The van der Waals surface area contributed by atoms with Crippen LogP contribution in [0.1, 0.15) is 31.7 Å². The van der Waals surface area contributed by atoms with Gasteiger partial charge in [0.15, 0.2) is 0 Å². The van der Waals surface area contributed by atoms with Gasteiger partial charge in [0.05, 0.1) is 12.1 Å². The summed E-state index contributed by atoms with van der Waals surface area (Å²) in [6, 6.07) is 3.90. The number of nitrogens with zero attached hydrogens (tertiary/aromatic N) is 1. The molecular formula is C16H26N4O2. The van der Waals surface area contributed by atoms with Crippen LogP contribution in [0.5, 0.6) is 0 Å². The minimum absolute atomic E-state index is 0.0531. The summed E-state index contributed by atoms with van der Waals surface area (Å²) in [5.41, 5.74) is 1.14. The minimum Gasteiger partial charge on any atom is -0.376 e. The Bertz CT molecular complexity index is 458. The molecule has 1 aromatic heterocycles. The highest BCUT2D eigenvalue weighted by Gasteiger charge is 2.23. The lowest BCUT2D eigenvalue weighted by Crippen LogP contribution is -2.46. The van der Waals surface area contributed by atoms with Gasteiger partial charge in [-0.2, -0.15) is 0 Å². The third kappa shape index (κ3) is 5.52. The van der Waals surface area contributed by atoms with Crippen molar-refractivity contribution >= 4 is 11.8 Å². The Morgan fingerprint density at radius 3 is 3.00 bits per heavy atom. The molecule has 2 unspecified atom stereocenters. The van der Waals surface area contributed by atoms with E-state index in [1.165, 1.54) is 0 Å². The number of hydrogen-bond donors (Lipinski definition) is 3. The highest BCUT2D eigenvalue weighted by molar-refractivity contribution is 5.74. The third-order valence-corrected chi connectivity index (χ3v) is 3.74. The molecule has 1 aliphatic heterocycles. The molecule has 6 heteroatoms. The molecule has 1 aliphatic rings. The molecule has 2 amide bonds. The number of carbonyl (C=O) groups excluding carboxylic acids is 1. The van der Waals surface area contributed by atoms with E-state index in [0.29, 0.717) is 6.54 Å². The van der Waals surface area contributed by atoms with Gasteiger partial charge in [0.1, 0.15) is 5.82 Å². The van der Waals surface area contributed by atoms with Gasteiger partial charge in [-0.3, -0.25) is 0 Å². The van der Waals surface area contributed by atoms with Crippen LogP contribution in [0.3, 0.4) is 0 Å². The molecule has 0 saturated carbocycles. The second-order valence-corrected chi connectivity index (χ2v) is 5.74. The zero-order valence-electron chi connectivity index (χ0n) is 13.4. The standard InChI is InChI=1S/C16H26N4O2/c1-12-6-7-15(19-11-12)17-8-4-9-18-16(21)20-13(2)14-5-3-10-22-14/h6-7,11,13-14H,3-5,8-10H2,1-2H3,(H,17,19)(H2,18,20,21). The van der Waals surface area contributed by atoms with Gasteiger partial charge in [-0.1, -0.05) is 6.07 Å². The summed E-state index contributed by atoms with van der Waals surface area (Å²) in [5.74, 6) is 0.863. The summed E-state index contributed by atoms with van der Waals surface area (Å²) >= 11 is 0. The van der Waals surface area contributed by atoms with Gasteiger partial charge in [-0.05, 0) is 44.7 Å². The molecule has 3 N–H and O–H groups in total. The second-order valence-electron chi connectivity index (χ2n) is 5.74. The highest BCUT2D eigenvalue weighted by Crippen LogP contribution is 2.15. The molecule has 6 nitrogen and oxygen atoms in total. The van der Waals surface area contributed by atoms with Crippen molar-refractivity contribution in [1.82, 2.24) is 15.6 Å². The molecule has 2 rings (SSSR count). The maximum Gasteiger partial charge on any atom is 0.315 e. The number of urea groups is 1. The number of anilines is 1. The third-order valence-electron chi connectivity index (χ3n) is 3.74. The van der Waals surface area contributed by atoms with Crippen LogP contribution in [0.15, 0.2) is 18.3 Å². The molecule has 0 bridgehead atoms. The number of nitrogens with one attached hydrogen (secondary N) is 3. The Labute approximate surface area is 132 Å². The van der Waals surface area contributed by atoms with Crippen LogP contribution >= 0.6 is 0 Å². The predicted octanol–water partition coefficient (Wildman–Crippen LogP) is 2.06. The summed E-state index contributed by atoms with van der Waals surface area (Å²) in [4.78, 5) is 16.0. The number of rotatable bonds is 7. The van der Waals surface area contributed by atoms with Gasteiger partial charge >= 0.3 is 6.03 Å². The zero-order chi connectivity index (χ0) is 15.8. The molecule has 0 spiro atoms. The van der Waals surface area contributed by atoms with E-state index in [4.69, 9.17) is 4.74 Å².